The molecule has 1 aromatic heterocycles. The summed E-state index contributed by atoms with van der Waals surface area (Å²) in [4.78, 5) is 14.1. The minimum atomic E-state index is -0.0918. The lowest BCUT2D eigenvalue weighted by atomic mass is 10.1. The van der Waals surface area contributed by atoms with Crippen LogP contribution in [0.4, 0.5) is 5.69 Å². The molecule has 0 bridgehead atoms. The normalized spacial score (nSPS) is 11.2. The van der Waals surface area contributed by atoms with Crippen LogP contribution in [0.15, 0.2) is 102 Å². The van der Waals surface area contributed by atoms with E-state index in [4.69, 9.17) is 0 Å². The Morgan fingerprint density at radius 2 is 1.53 bits per heavy atom. The topological polar surface area (TPSA) is 34.0 Å². The highest BCUT2D eigenvalue weighted by Crippen LogP contribution is 2.31. The molecule has 0 radical (unpaired) electrons. The van der Waals surface area contributed by atoms with Crippen molar-refractivity contribution >= 4 is 45.2 Å². The van der Waals surface area contributed by atoms with Gasteiger partial charge in [-0.05, 0) is 61.0 Å². The van der Waals surface area contributed by atoms with Crippen LogP contribution in [-0.4, -0.2) is 10.5 Å². The average Bonchev–Trinajstić information content (AvgIpc) is 3.16. The molecule has 0 fully saturated rings. The number of thioether (sulfide) groups is 1. The number of carbonyl (C=O) groups is 1. The molecule has 0 aliphatic rings. The van der Waals surface area contributed by atoms with Gasteiger partial charge in [0.1, 0.15) is 0 Å². The lowest BCUT2D eigenvalue weighted by Crippen LogP contribution is -2.11. The van der Waals surface area contributed by atoms with Crippen molar-refractivity contribution < 1.29 is 4.79 Å². The summed E-state index contributed by atoms with van der Waals surface area (Å²) in [7, 11) is 0. The van der Waals surface area contributed by atoms with Crippen molar-refractivity contribution in [3.8, 4) is 0 Å². The van der Waals surface area contributed by atoms with Crippen molar-refractivity contribution in [2.45, 2.75) is 24.1 Å². The molecule has 5 rings (SSSR count). The first-order chi connectivity index (χ1) is 15.7. The van der Waals surface area contributed by atoms with Crippen molar-refractivity contribution in [1.29, 1.82) is 0 Å². The van der Waals surface area contributed by atoms with Gasteiger partial charge in [-0.2, -0.15) is 0 Å². The van der Waals surface area contributed by atoms with E-state index in [2.05, 4.69) is 65.3 Å². The van der Waals surface area contributed by atoms with Crippen molar-refractivity contribution in [3.05, 3.63) is 108 Å². The highest BCUT2D eigenvalue weighted by atomic mass is 32.2. The molecular weight excluding hydrogens is 412 g/mol. The monoisotopic (exact) mass is 436 g/mol. The minimum Gasteiger partial charge on any atom is -0.341 e. The van der Waals surface area contributed by atoms with Crippen LogP contribution in [0.25, 0.3) is 21.8 Å². The molecule has 4 aromatic carbocycles. The van der Waals surface area contributed by atoms with Crippen LogP contribution in [0.1, 0.15) is 22.8 Å². The quantitative estimate of drug-likeness (QED) is 0.282. The van der Waals surface area contributed by atoms with Crippen molar-refractivity contribution in [3.63, 3.8) is 0 Å². The number of rotatable bonds is 6. The van der Waals surface area contributed by atoms with Crippen LogP contribution < -0.4 is 5.32 Å². The fourth-order valence-electron chi connectivity index (χ4n) is 4.11. The van der Waals surface area contributed by atoms with E-state index in [0.717, 1.165) is 23.4 Å². The van der Waals surface area contributed by atoms with E-state index < -0.39 is 0 Å². The van der Waals surface area contributed by atoms with Crippen LogP contribution in [0.5, 0.6) is 0 Å². The number of carbonyl (C=O) groups excluding carboxylic acids is 1. The highest BCUT2D eigenvalue weighted by molar-refractivity contribution is 7.98. The Bertz CT molecular complexity index is 1390. The Balaban J connectivity index is 1.33. The number of hydrogen-bond acceptors (Lipinski definition) is 2. The molecule has 4 heteroatoms. The van der Waals surface area contributed by atoms with Gasteiger partial charge in [-0.25, -0.2) is 0 Å². The van der Waals surface area contributed by atoms with Crippen LogP contribution in [0.2, 0.25) is 0 Å². The number of aromatic nitrogens is 1. The van der Waals surface area contributed by atoms with Crippen LogP contribution in [0.3, 0.4) is 0 Å². The number of aryl methyl sites for hydroxylation is 1. The highest BCUT2D eigenvalue weighted by Gasteiger charge is 2.11. The summed E-state index contributed by atoms with van der Waals surface area (Å²) < 4.78 is 2.31. The molecule has 1 amide bonds. The van der Waals surface area contributed by atoms with Crippen molar-refractivity contribution in [2.24, 2.45) is 0 Å². The second-order valence-electron chi connectivity index (χ2n) is 7.75. The Kier molecular flexibility index (Phi) is 5.70. The lowest BCUT2D eigenvalue weighted by Gasteiger charge is -2.08. The molecule has 158 valence electrons. The van der Waals surface area contributed by atoms with Crippen molar-refractivity contribution in [2.75, 3.05) is 5.32 Å². The number of anilines is 1. The van der Waals surface area contributed by atoms with E-state index >= 15 is 0 Å². The Morgan fingerprint density at radius 1 is 0.812 bits per heavy atom. The van der Waals surface area contributed by atoms with E-state index in [1.165, 1.54) is 26.9 Å². The number of fused-ring (bicyclic) bond motifs is 3. The zero-order valence-corrected chi connectivity index (χ0v) is 18.7. The van der Waals surface area contributed by atoms with Gasteiger partial charge in [-0.3, -0.25) is 4.79 Å². The smallest absolute Gasteiger partial charge is 0.255 e. The maximum absolute atomic E-state index is 12.8. The first kappa shape index (κ1) is 20.4. The van der Waals surface area contributed by atoms with Crippen LogP contribution in [-0.2, 0) is 12.3 Å². The molecule has 0 atom stereocenters. The van der Waals surface area contributed by atoms with Gasteiger partial charge in [0.05, 0.1) is 0 Å². The van der Waals surface area contributed by atoms with E-state index in [1.54, 1.807) is 11.8 Å². The summed E-state index contributed by atoms with van der Waals surface area (Å²) >= 11 is 1.79. The summed E-state index contributed by atoms with van der Waals surface area (Å²) in [6.07, 6.45) is 0. The van der Waals surface area contributed by atoms with Gasteiger partial charge in [0.25, 0.3) is 5.91 Å². The third kappa shape index (κ3) is 4.02. The number of nitrogens with zero attached hydrogens (tertiary/aromatic N) is 1. The van der Waals surface area contributed by atoms with E-state index in [0.29, 0.717) is 5.56 Å². The Labute approximate surface area is 192 Å². The van der Waals surface area contributed by atoms with Gasteiger partial charge >= 0.3 is 0 Å². The van der Waals surface area contributed by atoms with Gasteiger partial charge in [-0.15, -0.1) is 11.8 Å². The molecule has 1 N–H and O–H groups in total. The molecule has 0 aliphatic carbocycles. The fraction of sp³-hybridized carbons (Fsp3) is 0.107. The molecule has 0 saturated carbocycles. The standard InChI is InChI=1S/C28H24N2OS/c1-2-30-26-11-7-6-10-24(26)25-18-22(16-17-27(25)30)29-28(31)21-14-12-20(13-15-21)19-32-23-8-4-3-5-9-23/h3-18H,2,19H2,1H3,(H,29,31). The maximum Gasteiger partial charge on any atom is 0.255 e. The second kappa shape index (κ2) is 8.93. The molecule has 32 heavy (non-hydrogen) atoms. The predicted octanol–water partition coefficient (Wildman–Crippen LogP) is 7.36. The first-order valence-electron chi connectivity index (χ1n) is 10.8. The third-order valence-electron chi connectivity index (χ3n) is 5.71. The van der Waals surface area contributed by atoms with Crippen LogP contribution in [0, 0.1) is 0 Å². The SMILES string of the molecule is CCn1c2ccccc2c2cc(NC(=O)c3ccc(CSc4ccccc4)cc3)ccc21. The summed E-state index contributed by atoms with van der Waals surface area (Å²) in [6.45, 7) is 3.06. The fourth-order valence-corrected chi connectivity index (χ4v) is 4.99. The summed E-state index contributed by atoms with van der Waals surface area (Å²) in [5.74, 6) is 0.787. The van der Waals surface area contributed by atoms with Gasteiger partial charge in [0, 0.05) is 50.2 Å². The summed E-state index contributed by atoms with van der Waals surface area (Å²) in [6, 6.07) is 32.8. The average molecular weight is 437 g/mol. The number of para-hydroxylation sites is 1. The Hall–Kier alpha value is -3.50. The van der Waals surface area contributed by atoms with Gasteiger partial charge in [0.15, 0.2) is 0 Å². The zero-order valence-electron chi connectivity index (χ0n) is 17.9. The predicted molar refractivity (Wildman–Crippen MR) is 136 cm³/mol. The third-order valence-corrected chi connectivity index (χ3v) is 6.79. The molecular formula is C28H24N2OS. The zero-order chi connectivity index (χ0) is 21.9. The van der Waals surface area contributed by atoms with Gasteiger partial charge in [0.2, 0.25) is 0 Å². The number of nitrogens with one attached hydrogen (secondary N) is 1. The number of benzene rings is 4. The number of hydrogen-bond donors (Lipinski definition) is 1. The maximum atomic E-state index is 12.8. The lowest BCUT2D eigenvalue weighted by molar-refractivity contribution is 0.102. The molecule has 3 nitrogen and oxygen atoms in total. The molecule has 0 saturated heterocycles. The second-order valence-corrected chi connectivity index (χ2v) is 8.79. The largest absolute Gasteiger partial charge is 0.341 e. The summed E-state index contributed by atoms with van der Waals surface area (Å²) in [5, 5.41) is 5.44. The first-order valence-corrected chi connectivity index (χ1v) is 11.8. The van der Waals surface area contributed by atoms with Gasteiger partial charge in [-0.1, -0.05) is 48.5 Å². The molecule has 0 spiro atoms. The molecule has 0 aliphatic heterocycles. The van der Waals surface area contributed by atoms with E-state index in [1.807, 2.05) is 48.5 Å². The molecule has 1 heterocycles. The minimum absolute atomic E-state index is 0.0918. The molecule has 0 unspecified atom stereocenters. The summed E-state index contributed by atoms with van der Waals surface area (Å²) in [5.41, 5.74) is 5.08. The van der Waals surface area contributed by atoms with Crippen LogP contribution >= 0.6 is 11.8 Å². The van der Waals surface area contributed by atoms with Gasteiger partial charge < -0.3 is 9.88 Å². The Morgan fingerprint density at radius 3 is 2.31 bits per heavy atom. The van der Waals surface area contributed by atoms with Crippen molar-refractivity contribution in [1.82, 2.24) is 4.57 Å². The van der Waals surface area contributed by atoms with E-state index in [9.17, 15) is 4.79 Å². The van der Waals surface area contributed by atoms with E-state index in [-0.39, 0.29) is 5.91 Å². The number of amides is 1. The molecule has 5 aromatic rings.